The second kappa shape index (κ2) is 6.55. The Kier molecular flexibility index (Phi) is 5.35. The van der Waals surface area contributed by atoms with Crippen molar-refractivity contribution in [2.75, 3.05) is 13.1 Å². The topological polar surface area (TPSA) is 73.7 Å². The van der Waals surface area contributed by atoms with E-state index in [1.165, 1.54) is 6.21 Å². The molecule has 1 aromatic carbocycles. The first-order valence-corrected chi connectivity index (χ1v) is 7.26. The summed E-state index contributed by atoms with van der Waals surface area (Å²) in [6.45, 7) is 4.98. The Morgan fingerprint density at radius 1 is 1.29 bits per heavy atom. The van der Waals surface area contributed by atoms with Crippen LogP contribution in [0.25, 0.3) is 0 Å². The molecule has 0 bridgehead atoms. The molecule has 94 valence electrons. The third kappa shape index (κ3) is 3.40. The number of oxime groups is 1. The highest BCUT2D eigenvalue weighted by Gasteiger charge is 2.24. The van der Waals surface area contributed by atoms with E-state index in [-0.39, 0.29) is 0 Å². The molecule has 0 spiro atoms. The zero-order chi connectivity index (χ0) is 12.7. The lowest BCUT2D eigenvalue weighted by Crippen LogP contribution is -2.31. The molecule has 0 aromatic heterocycles. The van der Waals surface area contributed by atoms with E-state index in [0.29, 0.717) is 24.0 Å². The van der Waals surface area contributed by atoms with Crippen molar-refractivity contribution >= 4 is 19.0 Å². The molecule has 0 saturated carbocycles. The van der Waals surface area contributed by atoms with Gasteiger partial charge in [0.15, 0.2) is 0 Å². The van der Waals surface area contributed by atoms with E-state index < -0.39 is 7.44 Å². The molecule has 3 N–H and O–H groups in total. The average Bonchev–Trinajstić information content (AvgIpc) is 2.31. The fourth-order valence-electron chi connectivity index (χ4n) is 1.62. The summed E-state index contributed by atoms with van der Waals surface area (Å²) in [5.41, 5.74) is 0.639. The van der Waals surface area contributed by atoms with E-state index in [1.807, 2.05) is 26.0 Å². The Balaban J connectivity index is 3.22. The largest absolute Gasteiger partial charge is 0.411 e. The Hall–Kier alpha value is -1.16. The van der Waals surface area contributed by atoms with E-state index >= 15 is 0 Å². The summed E-state index contributed by atoms with van der Waals surface area (Å²) >= 11 is 0. The Bertz CT molecular complexity index is 424. The second-order valence-corrected chi connectivity index (χ2v) is 5.77. The molecule has 0 radical (unpaired) electrons. The van der Waals surface area contributed by atoms with Gasteiger partial charge in [0.25, 0.3) is 0 Å². The maximum Gasteiger partial charge on any atom is 0.241 e. The zero-order valence-corrected chi connectivity index (χ0v) is 10.9. The van der Waals surface area contributed by atoms with Gasteiger partial charge >= 0.3 is 0 Å². The van der Waals surface area contributed by atoms with E-state index in [2.05, 4.69) is 15.3 Å². The van der Waals surface area contributed by atoms with Gasteiger partial charge in [0.1, 0.15) is 0 Å². The van der Waals surface area contributed by atoms with Crippen molar-refractivity contribution in [3.8, 4) is 0 Å². The molecule has 0 fully saturated rings. The molecular formula is C11H18N3O2P. The van der Waals surface area contributed by atoms with E-state index in [9.17, 15) is 4.57 Å². The van der Waals surface area contributed by atoms with Crippen LogP contribution in [0, 0.1) is 0 Å². The number of nitrogens with zero attached hydrogens (tertiary/aromatic N) is 1. The number of hydrogen-bond acceptors (Lipinski definition) is 3. The van der Waals surface area contributed by atoms with Crippen molar-refractivity contribution in [2.45, 2.75) is 13.8 Å². The Morgan fingerprint density at radius 2 is 1.88 bits per heavy atom. The van der Waals surface area contributed by atoms with Crippen LogP contribution in [0.5, 0.6) is 0 Å². The van der Waals surface area contributed by atoms with Gasteiger partial charge in [-0.25, -0.2) is 0 Å². The first-order chi connectivity index (χ1) is 8.18. The maximum atomic E-state index is 12.7. The third-order valence-corrected chi connectivity index (χ3v) is 4.84. The molecule has 0 aliphatic heterocycles. The van der Waals surface area contributed by atoms with Gasteiger partial charge in [0, 0.05) is 24.0 Å². The van der Waals surface area contributed by atoms with Crippen molar-refractivity contribution in [1.29, 1.82) is 0 Å². The Labute approximate surface area is 101 Å². The molecule has 1 aromatic rings. The minimum Gasteiger partial charge on any atom is -0.411 e. The summed E-state index contributed by atoms with van der Waals surface area (Å²) in [6.07, 6.45) is 1.29. The number of rotatable bonds is 6. The van der Waals surface area contributed by atoms with Gasteiger partial charge in [-0.2, -0.15) is 0 Å². The number of hydrogen-bond donors (Lipinski definition) is 3. The molecule has 0 unspecified atom stereocenters. The van der Waals surface area contributed by atoms with Crippen LogP contribution in [0.4, 0.5) is 0 Å². The summed E-state index contributed by atoms with van der Waals surface area (Å²) in [6, 6.07) is 7.15. The SMILES string of the molecule is CCNP(=O)(NCC)c1ccccc1C=NO. The predicted octanol–water partition coefficient (Wildman–Crippen LogP) is 1.53. The lowest BCUT2D eigenvalue weighted by atomic mass is 10.2. The van der Waals surface area contributed by atoms with Crippen molar-refractivity contribution in [3.63, 3.8) is 0 Å². The molecule has 17 heavy (non-hydrogen) atoms. The molecule has 0 aliphatic carbocycles. The standard InChI is InChI=1S/C11H18N3O2P/c1-3-13-17(16,14-4-2)11-8-6-5-7-10(11)9-12-15/h5-9,15H,3-4H2,1-2H3,(H2,13,14,16). The molecular weight excluding hydrogens is 237 g/mol. The maximum absolute atomic E-state index is 12.7. The normalized spacial score (nSPS) is 12.1. The fraction of sp³-hybridized carbons (Fsp3) is 0.364. The van der Waals surface area contributed by atoms with Crippen LogP contribution in [0.1, 0.15) is 19.4 Å². The fourth-order valence-corrected chi connectivity index (χ4v) is 3.75. The van der Waals surface area contributed by atoms with Crippen LogP contribution in [0.15, 0.2) is 29.4 Å². The third-order valence-electron chi connectivity index (χ3n) is 2.23. The molecule has 0 aliphatic rings. The van der Waals surface area contributed by atoms with Gasteiger partial charge in [-0.1, -0.05) is 37.2 Å². The lowest BCUT2D eigenvalue weighted by Gasteiger charge is -2.21. The van der Waals surface area contributed by atoms with Gasteiger partial charge in [0.2, 0.25) is 7.44 Å². The monoisotopic (exact) mass is 255 g/mol. The van der Waals surface area contributed by atoms with Crippen molar-refractivity contribution in [3.05, 3.63) is 29.8 Å². The highest BCUT2D eigenvalue weighted by molar-refractivity contribution is 7.68. The van der Waals surface area contributed by atoms with Gasteiger partial charge in [-0.05, 0) is 6.07 Å². The van der Waals surface area contributed by atoms with Gasteiger partial charge in [-0.3, -0.25) is 14.7 Å². The second-order valence-electron chi connectivity index (χ2n) is 3.44. The van der Waals surface area contributed by atoms with Crippen molar-refractivity contribution in [2.24, 2.45) is 5.16 Å². The van der Waals surface area contributed by atoms with Crippen LogP contribution in [0.2, 0.25) is 0 Å². The van der Waals surface area contributed by atoms with Crippen LogP contribution >= 0.6 is 7.44 Å². The van der Waals surface area contributed by atoms with Crippen LogP contribution in [0.3, 0.4) is 0 Å². The summed E-state index contributed by atoms with van der Waals surface area (Å²) in [7, 11) is -2.84. The quantitative estimate of drug-likeness (QED) is 0.312. The Morgan fingerprint density at radius 3 is 2.41 bits per heavy atom. The molecule has 0 saturated heterocycles. The number of benzene rings is 1. The summed E-state index contributed by atoms with van der Waals surface area (Å²) in [5, 5.41) is 18.2. The summed E-state index contributed by atoms with van der Waals surface area (Å²) in [5.74, 6) is 0. The van der Waals surface area contributed by atoms with Gasteiger partial charge in [0.05, 0.1) is 6.21 Å². The summed E-state index contributed by atoms with van der Waals surface area (Å²) in [4.78, 5) is 0. The van der Waals surface area contributed by atoms with Gasteiger partial charge < -0.3 is 5.21 Å². The highest BCUT2D eigenvalue weighted by Crippen LogP contribution is 2.35. The molecule has 0 atom stereocenters. The lowest BCUT2D eigenvalue weighted by molar-refractivity contribution is 0.322. The van der Waals surface area contributed by atoms with E-state index in [4.69, 9.17) is 5.21 Å². The van der Waals surface area contributed by atoms with Gasteiger partial charge in [-0.15, -0.1) is 0 Å². The molecule has 6 heteroatoms. The molecule has 0 amide bonds. The first kappa shape index (κ1) is 13.9. The van der Waals surface area contributed by atoms with E-state index in [0.717, 1.165) is 0 Å². The van der Waals surface area contributed by atoms with Crippen LogP contribution in [-0.2, 0) is 4.57 Å². The van der Waals surface area contributed by atoms with Crippen molar-refractivity contribution < 1.29 is 9.77 Å². The molecule has 5 nitrogen and oxygen atoms in total. The van der Waals surface area contributed by atoms with Crippen molar-refractivity contribution in [1.82, 2.24) is 10.2 Å². The average molecular weight is 255 g/mol. The highest BCUT2D eigenvalue weighted by atomic mass is 31.2. The molecule has 1 rings (SSSR count). The zero-order valence-electron chi connectivity index (χ0n) is 10.1. The minimum absolute atomic E-state index is 0.592. The summed E-state index contributed by atoms with van der Waals surface area (Å²) < 4.78 is 12.7. The number of nitrogens with one attached hydrogen (secondary N) is 2. The minimum atomic E-state index is -2.84. The van der Waals surface area contributed by atoms with Crippen LogP contribution < -0.4 is 15.5 Å². The predicted molar refractivity (Wildman–Crippen MR) is 70.4 cm³/mol. The first-order valence-electron chi connectivity index (χ1n) is 5.55. The molecule has 0 heterocycles. The van der Waals surface area contributed by atoms with E-state index in [1.54, 1.807) is 12.1 Å². The smallest absolute Gasteiger partial charge is 0.241 e. The van der Waals surface area contributed by atoms with Crippen LogP contribution in [-0.4, -0.2) is 24.5 Å².